The maximum atomic E-state index is 14.3. The molecule has 1 aromatic heterocycles. The summed E-state index contributed by atoms with van der Waals surface area (Å²) in [6, 6.07) is 5.32. The fourth-order valence-corrected chi connectivity index (χ4v) is 3.27. The van der Waals surface area contributed by atoms with Crippen LogP contribution in [0.5, 0.6) is 5.75 Å². The molecule has 6 heteroatoms. The van der Waals surface area contributed by atoms with E-state index in [-0.39, 0.29) is 5.82 Å². The Morgan fingerprint density at radius 3 is 2.84 bits per heavy atom. The first-order chi connectivity index (χ1) is 12.1. The van der Waals surface area contributed by atoms with E-state index in [9.17, 15) is 4.39 Å². The van der Waals surface area contributed by atoms with Gasteiger partial charge in [-0.05, 0) is 45.5 Å². The average molecular weight is 344 g/mol. The van der Waals surface area contributed by atoms with Crippen LogP contribution in [0, 0.1) is 12.7 Å². The highest BCUT2D eigenvalue weighted by molar-refractivity contribution is 5.67. The van der Waals surface area contributed by atoms with Crippen LogP contribution < -0.4 is 10.1 Å². The van der Waals surface area contributed by atoms with Gasteiger partial charge in [0.1, 0.15) is 11.6 Å². The van der Waals surface area contributed by atoms with Gasteiger partial charge in [0.05, 0.1) is 12.8 Å². The van der Waals surface area contributed by atoms with Crippen LogP contribution in [0.25, 0.3) is 11.1 Å². The van der Waals surface area contributed by atoms with Gasteiger partial charge in [-0.2, -0.15) is 0 Å². The first-order valence-electron chi connectivity index (χ1n) is 8.70. The molecule has 25 heavy (non-hydrogen) atoms. The number of likely N-dealkylation sites (N-methyl/N-ethyl adjacent to an activating group) is 1. The standard InChI is InChI=1S/C19H25FN4O/c1-13-17(16-8-7-15(25-3)10-18(16)20)12-22-19(23-13)21-11-14-6-4-5-9-24(14)2/h7-8,10,12,14H,4-6,9,11H2,1-3H3,(H,21,22,23). The summed E-state index contributed by atoms with van der Waals surface area (Å²) >= 11 is 0. The van der Waals surface area contributed by atoms with Gasteiger partial charge in [-0.15, -0.1) is 0 Å². The summed E-state index contributed by atoms with van der Waals surface area (Å²) < 4.78 is 19.3. The summed E-state index contributed by atoms with van der Waals surface area (Å²) in [5, 5.41) is 3.32. The summed E-state index contributed by atoms with van der Waals surface area (Å²) in [6.45, 7) is 3.84. The van der Waals surface area contributed by atoms with E-state index in [1.807, 2.05) is 6.92 Å². The molecule has 0 spiro atoms. The first-order valence-corrected chi connectivity index (χ1v) is 8.70. The van der Waals surface area contributed by atoms with Gasteiger partial charge in [0.2, 0.25) is 5.95 Å². The Kier molecular flexibility index (Phi) is 5.48. The molecule has 0 aliphatic carbocycles. The van der Waals surface area contributed by atoms with Crippen LogP contribution in [0.3, 0.4) is 0 Å². The van der Waals surface area contributed by atoms with Gasteiger partial charge in [-0.1, -0.05) is 6.42 Å². The third kappa shape index (κ3) is 4.07. The number of halogens is 1. The van der Waals surface area contributed by atoms with Crippen molar-refractivity contribution in [3.05, 3.63) is 35.9 Å². The van der Waals surface area contributed by atoms with Gasteiger partial charge in [-0.3, -0.25) is 0 Å². The number of aromatic nitrogens is 2. The van der Waals surface area contributed by atoms with Gasteiger partial charge >= 0.3 is 0 Å². The maximum absolute atomic E-state index is 14.3. The van der Waals surface area contributed by atoms with E-state index in [1.54, 1.807) is 18.3 Å². The molecular formula is C19H25FN4O. The van der Waals surface area contributed by atoms with Crippen molar-refractivity contribution in [2.45, 2.75) is 32.2 Å². The van der Waals surface area contributed by atoms with Crippen molar-refractivity contribution in [2.24, 2.45) is 0 Å². The number of rotatable bonds is 5. The number of hydrogen-bond donors (Lipinski definition) is 1. The normalized spacial score (nSPS) is 18.2. The molecule has 1 unspecified atom stereocenters. The molecule has 2 heterocycles. The topological polar surface area (TPSA) is 50.3 Å². The van der Waals surface area contributed by atoms with Gasteiger partial charge in [0.15, 0.2) is 0 Å². The number of nitrogens with one attached hydrogen (secondary N) is 1. The highest BCUT2D eigenvalue weighted by Crippen LogP contribution is 2.28. The second kappa shape index (κ2) is 7.78. The van der Waals surface area contributed by atoms with Crippen LogP contribution in [-0.2, 0) is 0 Å². The number of methoxy groups -OCH3 is 1. The Hall–Kier alpha value is -2.21. The zero-order valence-corrected chi connectivity index (χ0v) is 15.1. The van der Waals surface area contributed by atoms with E-state index < -0.39 is 0 Å². The monoisotopic (exact) mass is 344 g/mol. The minimum Gasteiger partial charge on any atom is -0.497 e. The van der Waals surface area contributed by atoms with Crippen molar-refractivity contribution in [2.75, 3.05) is 32.6 Å². The van der Waals surface area contributed by atoms with Crippen LogP contribution in [0.1, 0.15) is 25.0 Å². The van der Waals surface area contributed by atoms with E-state index in [0.29, 0.717) is 28.9 Å². The minimum atomic E-state index is -0.337. The van der Waals surface area contributed by atoms with E-state index in [1.165, 1.54) is 32.4 Å². The predicted molar refractivity (Wildman–Crippen MR) is 97.5 cm³/mol. The molecule has 134 valence electrons. The molecule has 1 atom stereocenters. The highest BCUT2D eigenvalue weighted by Gasteiger charge is 2.19. The average Bonchev–Trinajstić information content (AvgIpc) is 2.61. The Morgan fingerprint density at radius 1 is 1.32 bits per heavy atom. The summed E-state index contributed by atoms with van der Waals surface area (Å²) in [5.74, 6) is 0.749. The molecule has 0 amide bonds. The van der Waals surface area contributed by atoms with Crippen LogP contribution in [-0.4, -0.2) is 48.2 Å². The van der Waals surface area contributed by atoms with E-state index in [0.717, 1.165) is 18.8 Å². The quantitative estimate of drug-likeness (QED) is 0.900. The predicted octanol–water partition coefficient (Wildman–Crippen LogP) is 3.50. The van der Waals surface area contributed by atoms with Gasteiger partial charge < -0.3 is 15.0 Å². The molecular weight excluding hydrogens is 319 g/mol. The molecule has 0 bridgehead atoms. The molecule has 3 rings (SSSR count). The number of piperidine rings is 1. The Morgan fingerprint density at radius 2 is 2.16 bits per heavy atom. The maximum Gasteiger partial charge on any atom is 0.222 e. The second-order valence-electron chi connectivity index (χ2n) is 6.55. The molecule has 5 nitrogen and oxygen atoms in total. The Bertz CT molecular complexity index is 737. The second-order valence-corrected chi connectivity index (χ2v) is 6.55. The van der Waals surface area contributed by atoms with Gasteiger partial charge in [0, 0.05) is 36.0 Å². The molecule has 1 fully saturated rings. The number of anilines is 1. The number of benzene rings is 1. The first kappa shape index (κ1) is 17.6. The van der Waals surface area contributed by atoms with Crippen molar-refractivity contribution in [1.29, 1.82) is 0 Å². The number of aryl methyl sites for hydroxylation is 1. The Balaban J connectivity index is 1.72. The van der Waals surface area contributed by atoms with Crippen molar-refractivity contribution in [1.82, 2.24) is 14.9 Å². The molecule has 1 aromatic carbocycles. The number of nitrogens with zero attached hydrogens (tertiary/aromatic N) is 3. The van der Waals surface area contributed by atoms with Crippen LogP contribution in [0.4, 0.5) is 10.3 Å². The van der Waals surface area contributed by atoms with Crippen molar-refractivity contribution >= 4 is 5.95 Å². The Labute approximate surface area is 148 Å². The lowest BCUT2D eigenvalue weighted by Gasteiger charge is -2.32. The van der Waals surface area contributed by atoms with Crippen LogP contribution in [0.2, 0.25) is 0 Å². The lowest BCUT2D eigenvalue weighted by molar-refractivity contribution is 0.194. The zero-order valence-electron chi connectivity index (χ0n) is 15.1. The van der Waals surface area contributed by atoms with Crippen molar-refractivity contribution in [3.63, 3.8) is 0 Å². The van der Waals surface area contributed by atoms with Gasteiger partial charge in [0.25, 0.3) is 0 Å². The molecule has 1 aliphatic rings. The summed E-state index contributed by atoms with van der Waals surface area (Å²) in [6.07, 6.45) is 5.41. The summed E-state index contributed by atoms with van der Waals surface area (Å²) in [4.78, 5) is 11.3. The third-order valence-corrected chi connectivity index (χ3v) is 4.86. The SMILES string of the molecule is COc1ccc(-c2cnc(NCC3CCCCN3C)nc2C)c(F)c1. The van der Waals surface area contributed by atoms with E-state index in [2.05, 4.69) is 27.2 Å². The van der Waals surface area contributed by atoms with Crippen molar-refractivity contribution in [3.8, 4) is 16.9 Å². The minimum absolute atomic E-state index is 0.337. The lowest BCUT2D eigenvalue weighted by Crippen LogP contribution is -2.41. The highest BCUT2D eigenvalue weighted by atomic mass is 19.1. The smallest absolute Gasteiger partial charge is 0.222 e. The molecule has 0 radical (unpaired) electrons. The lowest BCUT2D eigenvalue weighted by atomic mass is 10.0. The number of ether oxygens (including phenoxy) is 1. The summed E-state index contributed by atoms with van der Waals surface area (Å²) in [5.41, 5.74) is 1.93. The number of likely N-dealkylation sites (tertiary alicyclic amines) is 1. The van der Waals surface area contributed by atoms with Crippen LogP contribution in [0.15, 0.2) is 24.4 Å². The molecule has 0 saturated carbocycles. The van der Waals surface area contributed by atoms with Crippen molar-refractivity contribution < 1.29 is 9.13 Å². The van der Waals surface area contributed by atoms with Crippen LogP contribution >= 0.6 is 0 Å². The zero-order chi connectivity index (χ0) is 17.8. The molecule has 1 N–H and O–H groups in total. The fourth-order valence-electron chi connectivity index (χ4n) is 3.27. The molecule has 1 saturated heterocycles. The summed E-state index contributed by atoms with van der Waals surface area (Å²) in [7, 11) is 3.68. The third-order valence-electron chi connectivity index (χ3n) is 4.86. The van der Waals surface area contributed by atoms with E-state index >= 15 is 0 Å². The fraction of sp³-hybridized carbons (Fsp3) is 0.474. The molecule has 2 aromatic rings. The molecule has 1 aliphatic heterocycles. The largest absolute Gasteiger partial charge is 0.497 e. The number of hydrogen-bond acceptors (Lipinski definition) is 5. The van der Waals surface area contributed by atoms with E-state index in [4.69, 9.17) is 4.74 Å². The van der Waals surface area contributed by atoms with Gasteiger partial charge in [-0.25, -0.2) is 14.4 Å².